The SMILES string of the molecule is CCCCc1cc[cH-]c1.Cc1cc2c(Br)c3c(cc2[cH-]1)CCC3.[CH3-].[CH3-].[CH3-].[CH3-].[Cl-].[Cl-].[Si]=[Zr]=[Si]. The third-order valence-corrected chi connectivity index (χ3v) is 5.61. The van der Waals surface area contributed by atoms with E-state index in [1.54, 1.807) is 11.1 Å². The zero-order chi connectivity index (χ0) is 18.9. The molecule has 0 heterocycles. The topological polar surface area (TPSA) is 0 Å². The minimum atomic E-state index is -0.159. The Balaban J connectivity index is -0.000000121. The number of hydrogen-bond acceptors (Lipinski definition) is 0. The number of aryl methyl sites for hydroxylation is 3. The molecular weight excluding hydrogens is 610 g/mol. The van der Waals surface area contributed by atoms with Gasteiger partial charge in [0.1, 0.15) is 0 Å². The molecule has 0 unspecified atom stereocenters. The molecule has 1 aliphatic carbocycles. The van der Waals surface area contributed by atoms with Crippen LogP contribution < -0.4 is 24.8 Å². The molecule has 0 nitrogen and oxygen atoms in total. The van der Waals surface area contributed by atoms with E-state index in [9.17, 15) is 0 Å². The fraction of sp³-hybridized carbons (Fsp3) is 0.308. The van der Waals surface area contributed by atoms with Crippen LogP contribution in [-0.4, -0.2) is 13.8 Å². The molecule has 0 fully saturated rings. The van der Waals surface area contributed by atoms with Crippen molar-refractivity contribution in [2.24, 2.45) is 0 Å². The van der Waals surface area contributed by atoms with Gasteiger partial charge in [-0.2, -0.15) is 29.8 Å². The molecule has 0 spiro atoms. The number of halogens is 3. The van der Waals surface area contributed by atoms with E-state index < -0.39 is 0 Å². The van der Waals surface area contributed by atoms with Gasteiger partial charge in [0.05, 0.1) is 0 Å². The van der Waals surface area contributed by atoms with Gasteiger partial charge in [-0.3, -0.25) is 0 Å². The molecule has 0 atom stereocenters. The molecule has 3 aromatic carbocycles. The fourth-order valence-electron chi connectivity index (χ4n) is 3.47. The Hall–Kier alpha value is 0.557. The molecule has 4 rings (SSSR count). The number of unbranched alkanes of at least 4 members (excludes halogenated alkanes) is 1. The van der Waals surface area contributed by atoms with Gasteiger partial charge in [-0.15, -0.1) is 28.5 Å². The van der Waals surface area contributed by atoms with Crippen LogP contribution in [0.2, 0.25) is 0 Å². The van der Waals surface area contributed by atoms with Gasteiger partial charge in [-0.25, -0.2) is 6.07 Å². The van der Waals surface area contributed by atoms with Crippen molar-refractivity contribution in [3.8, 4) is 0 Å². The molecule has 0 N–H and O–H groups in total. The molecule has 3 aromatic rings. The maximum absolute atomic E-state index is 3.75. The molecule has 0 saturated carbocycles. The summed E-state index contributed by atoms with van der Waals surface area (Å²) in [6, 6.07) is 15.5. The second kappa shape index (κ2) is 23.3. The van der Waals surface area contributed by atoms with E-state index in [4.69, 9.17) is 0 Å². The molecule has 0 amide bonds. The Morgan fingerprint density at radius 3 is 2.22 bits per heavy atom. The Kier molecular flexibility index (Phi) is 31.1. The molecule has 6 heteroatoms. The summed E-state index contributed by atoms with van der Waals surface area (Å²) in [6.07, 6.45) is 7.70. The van der Waals surface area contributed by atoms with Crippen LogP contribution in [0.25, 0.3) is 10.8 Å². The second-order valence-electron chi connectivity index (χ2n) is 6.74. The van der Waals surface area contributed by atoms with Crippen molar-refractivity contribution in [2.45, 2.75) is 52.4 Å². The standard InChI is InChI=1S/C13H12Br.C9H13.4CH3.2ClH.2Si.Zr/c1-8-5-10-7-9-3-2-4-11(9)13(14)12(10)6-8;1-2-3-6-9-7-4-5-8-9;;;;;;;;;/h5-7H,2-4H2,1H3;4-5,7-8H,2-3,6H2,1H3;4*1H3;2*1H;;;/q6*-1;;;;;/p-2. The van der Waals surface area contributed by atoms with E-state index in [0.29, 0.717) is 0 Å². The molecule has 0 aromatic heterocycles. The zero-order valence-corrected chi connectivity index (χ0v) is 28.0. The van der Waals surface area contributed by atoms with Crippen molar-refractivity contribution in [1.82, 2.24) is 0 Å². The first-order valence-corrected chi connectivity index (χ1v) is 18.4. The van der Waals surface area contributed by atoms with Crippen molar-refractivity contribution in [2.75, 3.05) is 0 Å². The van der Waals surface area contributed by atoms with Gasteiger partial charge < -0.3 is 54.5 Å². The van der Waals surface area contributed by atoms with Gasteiger partial charge >= 0.3 is 34.2 Å². The maximum atomic E-state index is 3.75. The van der Waals surface area contributed by atoms with Gasteiger partial charge in [0, 0.05) is 0 Å². The van der Waals surface area contributed by atoms with Crippen LogP contribution in [0.5, 0.6) is 0 Å². The van der Waals surface area contributed by atoms with Crippen molar-refractivity contribution in [1.29, 1.82) is 0 Å². The molecule has 4 radical (unpaired) electrons. The van der Waals surface area contributed by atoms with Gasteiger partial charge in [0.15, 0.2) is 0 Å². The average molecular weight is 648 g/mol. The van der Waals surface area contributed by atoms with Crippen LogP contribution in [0.1, 0.15) is 48.4 Å². The van der Waals surface area contributed by atoms with Crippen LogP contribution in [-0.2, 0) is 39.7 Å². The van der Waals surface area contributed by atoms with E-state index >= 15 is 0 Å². The zero-order valence-electron chi connectivity index (χ0n) is 20.4. The third kappa shape index (κ3) is 12.9. The summed E-state index contributed by atoms with van der Waals surface area (Å²) in [5.74, 6) is 0. The Bertz CT molecular complexity index is 868. The first-order valence-electron chi connectivity index (χ1n) is 9.27. The van der Waals surface area contributed by atoms with Gasteiger partial charge in [-0.05, 0) is 29.3 Å². The predicted octanol–water partition coefficient (Wildman–Crippen LogP) is 1.91. The van der Waals surface area contributed by atoms with E-state index in [1.807, 2.05) is 0 Å². The summed E-state index contributed by atoms with van der Waals surface area (Å²) in [5, 5.41) is 2.79. The van der Waals surface area contributed by atoms with E-state index in [1.165, 1.54) is 64.9 Å². The number of hydrogen-bond donors (Lipinski definition) is 0. The van der Waals surface area contributed by atoms with Crippen LogP contribution in [0, 0.1) is 36.6 Å². The van der Waals surface area contributed by atoms with E-state index in [0.717, 1.165) is 0 Å². The number of rotatable bonds is 3. The van der Waals surface area contributed by atoms with Gasteiger partial charge in [0.25, 0.3) is 0 Å². The van der Waals surface area contributed by atoms with E-state index in [-0.39, 0.29) is 75.0 Å². The molecular formula is C26H37BrCl2Si2Zr-8. The summed E-state index contributed by atoms with van der Waals surface area (Å²) in [4.78, 5) is 0. The summed E-state index contributed by atoms with van der Waals surface area (Å²) >= 11 is 3.59. The molecule has 0 aliphatic heterocycles. The molecule has 182 valence electrons. The van der Waals surface area contributed by atoms with Crippen molar-refractivity contribution in [3.05, 3.63) is 98.9 Å². The van der Waals surface area contributed by atoms with Gasteiger partial charge in [0.2, 0.25) is 0 Å². The molecule has 32 heavy (non-hydrogen) atoms. The minimum absolute atomic E-state index is 0. The van der Waals surface area contributed by atoms with Crippen molar-refractivity contribution < 1.29 is 45.3 Å². The number of benzene rings is 1. The monoisotopic (exact) mass is 644 g/mol. The molecule has 1 aliphatic rings. The average Bonchev–Trinajstić information content (AvgIpc) is 3.34. The summed E-state index contributed by atoms with van der Waals surface area (Å²) in [7, 11) is 0. The predicted molar refractivity (Wildman–Crippen MR) is 142 cm³/mol. The quantitative estimate of drug-likeness (QED) is 0.301. The summed E-state index contributed by atoms with van der Waals surface area (Å²) in [6.45, 7) is 10.9. The van der Waals surface area contributed by atoms with Crippen LogP contribution >= 0.6 is 15.9 Å². The summed E-state index contributed by atoms with van der Waals surface area (Å²) in [5.41, 5.74) is 5.94. The fourth-order valence-corrected chi connectivity index (χ4v) is 4.27. The normalized spacial score (nSPS) is 9.59. The third-order valence-electron chi connectivity index (χ3n) is 4.71. The van der Waals surface area contributed by atoms with Crippen molar-refractivity contribution in [3.63, 3.8) is 0 Å². The Morgan fingerprint density at radius 1 is 1.06 bits per heavy atom. The second-order valence-corrected chi connectivity index (χ2v) is 14.1. The van der Waals surface area contributed by atoms with E-state index in [2.05, 4.69) is 86.0 Å². The first-order chi connectivity index (χ1) is 12.6. The molecule has 0 saturated heterocycles. The van der Waals surface area contributed by atoms with Crippen molar-refractivity contribution >= 4 is 40.5 Å². The first kappa shape index (κ1) is 42.7. The Morgan fingerprint density at radius 2 is 1.69 bits per heavy atom. The molecule has 0 bridgehead atoms. The number of fused-ring (bicyclic) bond motifs is 2. The Labute approximate surface area is 235 Å². The van der Waals surface area contributed by atoms with Crippen LogP contribution in [0.4, 0.5) is 0 Å². The van der Waals surface area contributed by atoms with Crippen LogP contribution in [0.15, 0.2) is 46.9 Å². The summed E-state index contributed by atoms with van der Waals surface area (Å²) < 4.78 is 1.34. The van der Waals surface area contributed by atoms with Crippen LogP contribution in [0.3, 0.4) is 0 Å². The van der Waals surface area contributed by atoms with Gasteiger partial charge in [-0.1, -0.05) is 54.6 Å².